The van der Waals surface area contributed by atoms with Gasteiger partial charge in [0.15, 0.2) is 0 Å². The van der Waals surface area contributed by atoms with Gasteiger partial charge in [-0.2, -0.15) is 0 Å². The molecule has 0 amide bonds. The monoisotopic (exact) mass is 243 g/mol. The van der Waals surface area contributed by atoms with Gasteiger partial charge in [-0.05, 0) is 24.6 Å². The van der Waals surface area contributed by atoms with E-state index in [9.17, 15) is 9.59 Å². The maximum absolute atomic E-state index is 12.6. The van der Waals surface area contributed by atoms with Crippen LogP contribution in [0, 0.1) is 0 Å². The fraction of sp³-hybridized carbons (Fsp3) is 0.286. The predicted octanol–water partition coefficient (Wildman–Crippen LogP) is 1.56. The maximum atomic E-state index is 12.6. The van der Waals surface area contributed by atoms with Crippen LogP contribution in [0.2, 0.25) is 0 Å². The molecule has 0 saturated heterocycles. The van der Waals surface area contributed by atoms with Gasteiger partial charge in [-0.25, -0.2) is 4.79 Å². The first-order valence-corrected chi connectivity index (χ1v) is 5.81. The molecule has 0 aliphatic carbocycles. The third kappa shape index (κ3) is 1.01. The highest BCUT2D eigenvalue weighted by Gasteiger charge is 2.60. The van der Waals surface area contributed by atoms with E-state index in [1.165, 1.54) is 7.11 Å². The van der Waals surface area contributed by atoms with Crippen molar-refractivity contribution in [3.8, 4) is 0 Å². The number of methoxy groups -OCH3 is 1. The molecule has 1 aromatic carbocycles. The van der Waals surface area contributed by atoms with Gasteiger partial charge in [0.2, 0.25) is 11.3 Å². The normalized spacial score (nSPS) is 24.7. The largest absolute Gasteiger partial charge is 0.467 e. The Hall–Kier alpha value is -2.10. The molecule has 0 bridgehead atoms. The first-order chi connectivity index (χ1) is 8.64. The van der Waals surface area contributed by atoms with Crippen LogP contribution < -0.4 is 4.90 Å². The average molecular weight is 243 g/mol. The number of benzene rings is 1. The number of fused-ring (bicyclic) bond motifs is 3. The van der Waals surface area contributed by atoms with Crippen molar-refractivity contribution in [1.82, 2.24) is 0 Å². The minimum absolute atomic E-state index is 0.184. The lowest BCUT2D eigenvalue weighted by Crippen LogP contribution is -2.55. The summed E-state index contributed by atoms with van der Waals surface area (Å²) >= 11 is 0. The number of hydrogen-bond acceptors (Lipinski definition) is 4. The minimum atomic E-state index is -1.27. The van der Waals surface area contributed by atoms with Crippen LogP contribution in [0.5, 0.6) is 0 Å². The molecule has 4 heteroatoms. The predicted molar refractivity (Wildman–Crippen MR) is 66.6 cm³/mol. The van der Waals surface area contributed by atoms with E-state index in [2.05, 4.69) is 0 Å². The van der Waals surface area contributed by atoms with Crippen LogP contribution in [0.3, 0.4) is 0 Å². The van der Waals surface area contributed by atoms with Crippen molar-refractivity contribution in [1.29, 1.82) is 0 Å². The lowest BCUT2D eigenvalue weighted by Gasteiger charge is -2.31. The van der Waals surface area contributed by atoms with Gasteiger partial charge in [0, 0.05) is 17.8 Å². The van der Waals surface area contributed by atoms with E-state index in [1.54, 1.807) is 13.0 Å². The smallest absolute Gasteiger partial charge is 0.344 e. The quantitative estimate of drug-likeness (QED) is 0.426. The van der Waals surface area contributed by atoms with Crippen LogP contribution in [0.1, 0.15) is 17.3 Å². The van der Waals surface area contributed by atoms with Gasteiger partial charge < -0.3 is 9.64 Å². The number of ether oxygens (including phenoxy) is 1. The van der Waals surface area contributed by atoms with Crippen LogP contribution in [0.4, 0.5) is 5.69 Å². The molecule has 0 spiro atoms. The highest BCUT2D eigenvalue weighted by Crippen LogP contribution is 2.46. The van der Waals surface area contributed by atoms with Crippen LogP contribution in [-0.2, 0) is 9.53 Å². The molecule has 0 fully saturated rings. The SMILES string of the molecule is COC(=O)C12C(=O)c3ccccc3N1CC=C2C. The molecule has 92 valence electrons. The van der Waals surface area contributed by atoms with Crippen LogP contribution in [0.25, 0.3) is 0 Å². The number of carbonyl (C=O) groups excluding carboxylic acids is 2. The fourth-order valence-corrected chi connectivity index (χ4v) is 2.91. The minimum Gasteiger partial charge on any atom is -0.467 e. The van der Waals surface area contributed by atoms with Gasteiger partial charge in [0.05, 0.1) is 7.11 Å². The Morgan fingerprint density at radius 1 is 1.39 bits per heavy atom. The lowest BCUT2D eigenvalue weighted by molar-refractivity contribution is -0.143. The summed E-state index contributed by atoms with van der Waals surface area (Å²) in [5.74, 6) is -0.689. The first-order valence-electron chi connectivity index (χ1n) is 5.81. The molecule has 0 saturated carbocycles. The van der Waals surface area contributed by atoms with Crippen LogP contribution in [0.15, 0.2) is 35.9 Å². The Bertz CT molecular complexity index is 590. The van der Waals surface area contributed by atoms with Gasteiger partial charge in [-0.1, -0.05) is 18.2 Å². The number of ketones is 1. The lowest BCUT2D eigenvalue weighted by atomic mass is 9.87. The second-order valence-corrected chi connectivity index (χ2v) is 4.55. The molecule has 0 aromatic heterocycles. The van der Waals surface area contributed by atoms with Crippen LogP contribution >= 0.6 is 0 Å². The Kier molecular flexibility index (Phi) is 2.11. The number of Topliss-reactive ketones (excluding diaryl/α,β-unsaturated/α-hetero) is 1. The molecule has 2 aliphatic rings. The van der Waals surface area contributed by atoms with Gasteiger partial charge in [-0.3, -0.25) is 4.79 Å². The standard InChI is InChI=1S/C14H13NO3/c1-9-7-8-15-11-6-4-3-5-10(11)12(16)14(9,15)13(17)18-2/h3-7H,8H2,1-2H3. The highest BCUT2D eigenvalue weighted by molar-refractivity contribution is 6.28. The number of rotatable bonds is 1. The van der Waals surface area contributed by atoms with E-state index in [1.807, 2.05) is 29.2 Å². The Balaban J connectivity index is 2.26. The molecule has 2 aliphatic heterocycles. The van der Waals surface area contributed by atoms with Crippen LogP contribution in [-0.4, -0.2) is 30.9 Å². The number of para-hydroxylation sites is 1. The third-order valence-corrected chi connectivity index (χ3v) is 3.80. The molecule has 2 heterocycles. The van der Waals surface area contributed by atoms with E-state index in [-0.39, 0.29) is 5.78 Å². The average Bonchev–Trinajstić information content (AvgIpc) is 2.86. The summed E-state index contributed by atoms with van der Waals surface area (Å²) in [6.45, 7) is 2.37. The van der Waals surface area contributed by atoms with Gasteiger partial charge in [0.25, 0.3) is 0 Å². The molecule has 1 atom stereocenters. The number of carbonyl (C=O) groups is 2. The summed E-state index contributed by atoms with van der Waals surface area (Å²) in [5, 5.41) is 0. The fourth-order valence-electron chi connectivity index (χ4n) is 2.91. The highest BCUT2D eigenvalue weighted by atomic mass is 16.5. The summed E-state index contributed by atoms with van der Waals surface area (Å²) in [6.07, 6.45) is 1.91. The molecule has 0 radical (unpaired) electrons. The van der Waals surface area contributed by atoms with Crippen molar-refractivity contribution in [2.75, 3.05) is 18.6 Å². The molecule has 3 rings (SSSR count). The third-order valence-electron chi connectivity index (χ3n) is 3.80. The topological polar surface area (TPSA) is 46.6 Å². The van der Waals surface area contributed by atoms with E-state index >= 15 is 0 Å². The van der Waals surface area contributed by atoms with Gasteiger partial charge >= 0.3 is 5.97 Å². The summed E-state index contributed by atoms with van der Waals surface area (Å²) in [6, 6.07) is 7.30. The molecule has 1 aromatic rings. The van der Waals surface area contributed by atoms with Crippen molar-refractivity contribution in [2.24, 2.45) is 0 Å². The number of anilines is 1. The summed E-state index contributed by atoms with van der Waals surface area (Å²) in [5.41, 5.74) is 0.880. The zero-order valence-corrected chi connectivity index (χ0v) is 10.3. The molecular formula is C14H13NO3. The van der Waals surface area contributed by atoms with E-state index < -0.39 is 11.5 Å². The Labute approximate surface area is 105 Å². The van der Waals surface area contributed by atoms with Gasteiger partial charge in [-0.15, -0.1) is 0 Å². The van der Waals surface area contributed by atoms with Gasteiger partial charge in [0.1, 0.15) is 0 Å². The summed E-state index contributed by atoms with van der Waals surface area (Å²) < 4.78 is 4.87. The first kappa shape index (κ1) is 11.0. The number of hydrogen-bond donors (Lipinski definition) is 0. The number of esters is 1. The summed E-state index contributed by atoms with van der Waals surface area (Å²) in [4.78, 5) is 26.6. The van der Waals surface area contributed by atoms with Crippen molar-refractivity contribution in [3.05, 3.63) is 41.5 Å². The van der Waals surface area contributed by atoms with E-state index in [4.69, 9.17) is 4.74 Å². The number of nitrogens with zero attached hydrogens (tertiary/aromatic N) is 1. The molecule has 18 heavy (non-hydrogen) atoms. The van der Waals surface area contributed by atoms with E-state index in [0.29, 0.717) is 12.1 Å². The zero-order chi connectivity index (χ0) is 12.9. The van der Waals surface area contributed by atoms with Crippen molar-refractivity contribution in [2.45, 2.75) is 12.5 Å². The molecule has 4 nitrogen and oxygen atoms in total. The molecular weight excluding hydrogens is 230 g/mol. The Morgan fingerprint density at radius 3 is 2.83 bits per heavy atom. The molecule has 1 unspecified atom stereocenters. The second kappa shape index (κ2) is 3.45. The Morgan fingerprint density at radius 2 is 2.11 bits per heavy atom. The summed E-state index contributed by atoms with van der Waals surface area (Å²) in [7, 11) is 1.32. The van der Waals surface area contributed by atoms with E-state index in [0.717, 1.165) is 11.3 Å². The second-order valence-electron chi connectivity index (χ2n) is 4.55. The molecule has 0 N–H and O–H groups in total. The zero-order valence-electron chi connectivity index (χ0n) is 10.3. The van der Waals surface area contributed by atoms with Crippen molar-refractivity contribution >= 4 is 17.4 Å². The maximum Gasteiger partial charge on any atom is 0.344 e. The van der Waals surface area contributed by atoms with Crippen molar-refractivity contribution in [3.63, 3.8) is 0 Å². The van der Waals surface area contributed by atoms with Crippen molar-refractivity contribution < 1.29 is 14.3 Å².